The second-order valence-corrected chi connectivity index (χ2v) is 8.08. The van der Waals surface area contributed by atoms with Crippen LogP contribution in [0.15, 0.2) is 29.2 Å². The number of rotatable bonds is 7. The molecule has 0 spiro atoms. The van der Waals surface area contributed by atoms with Crippen LogP contribution in [0.4, 0.5) is 0 Å². The molecule has 0 amide bonds. The standard InChI is InChI=1S/C16H24N2O2S/c1-2-16(9-4-10-16)18-21(19,20)15-6-3-5-13(11-15)12-17-14-7-8-14/h3,5-6,11,14,17-18H,2,4,7-10,12H2,1H3. The van der Waals surface area contributed by atoms with Crippen LogP contribution in [0.1, 0.15) is 51.0 Å². The highest BCUT2D eigenvalue weighted by molar-refractivity contribution is 7.89. The van der Waals surface area contributed by atoms with Crippen molar-refractivity contribution >= 4 is 10.0 Å². The summed E-state index contributed by atoms with van der Waals surface area (Å²) >= 11 is 0. The van der Waals surface area contributed by atoms with Crippen molar-refractivity contribution in [3.05, 3.63) is 29.8 Å². The molecule has 2 saturated carbocycles. The first-order valence-corrected chi connectivity index (χ1v) is 9.38. The maximum atomic E-state index is 12.6. The Labute approximate surface area is 127 Å². The predicted octanol–water partition coefficient (Wildman–Crippen LogP) is 2.55. The zero-order valence-electron chi connectivity index (χ0n) is 12.6. The van der Waals surface area contributed by atoms with Gasteiger partial charge in [-0.05, 0) is 56.2 Å². The number of hydrogen-bond acceptors (Lipinski definition) is 3. The van der Waals surface area contributed by atoms with E-state index >= 15 is 0 Å². The second-order valence-electron chi connectivity index (χ2n) is 6.40. The van der Waals surface area contributed by atoms with Crippen LogP contribution < -0.4 is 10.0 Å². The van der Waals surface area contributed by atoms with Gasteiger partial charge in [0.1, 0.15) is 0 Å². The van der Waals surface area contributed by atoms with Gasteiger partial charge in [-0.25, -0.2) is 13.1 Å². The first-order chi connectivity index (χ1) is 10.0. The maximum Gasteiger partial charge on any atom is 0.241 e. The maximum absolute atomic E-state index is 12.6. The van der Waals surface area contributed by atoms with E-state index in [-0.39, 0.29) is 5.54 Å². The molecule has 0 aromatic heterocycles. The lowest BCUT2D eigenvalue weighted by Gasteiger charge is -2.41. The third-order valence-corrected chi connectivity index (χ3v) is 6.30. The SMILES string of the molecule is CCC1(NS(=O)(=O)c2cccc(CNC3CC3)c2)CCC1. The Kier molecular flexibility index (Phi) is 4.08. The minimum absolute atomic E-state index is 0.207. The van der Waals surface area contributed by atoms with Crippen LogP contribution in [-0.2, 0) is 16.6 Å². The van der Waals surface area contributed by atoms with Gasteiger partial charge < -0.3 is 5.32 Å². The highest BCUT2D eigenvalue weighted by atomic mass is 32.2. The van der Waals surface area contributed by atoms with Gasteiger partial charge in [-0.3, -0.25) is 0 Å². The molecule has 2 fully saturated rings. The number of nitrogens with one attached hydrogen (secondary N) is 2. The van der Waals surface area contributed by atoms with Gasteiger partial charge in [-0.2, -0.15) is 0 Å². The third kappa shape index (κ3) is 3.47. The minimum Gasteiger partial charge on any atom is -0.310 e. The Morgan fingerprint density at radius 3 is 2.62 bits per heavy atom. The highest BCUT2D eigenvalue weighted by Gasteiger charge is 2.39. The van der Waals surface area contributed by atoms with Crippen LogP contribution in [0.5, 0.6) is 0 Å². The van der Waals surface area contributed by atoms with Gasteiger partial charge in [0, 0.05) is 18.1 Å². The molecule has 0 radical (unpaired) electrons. The normalized spacial score (nSPS) is 21.0. The van der Waals surface area contributed by atoms with Crippen molar-refractivity contribution in [3.63, 3.8) is 0 Å². The van der Waals surface area contributed by atoms with E-state index in [0.29, 0.717) is 10.9 Å². The summed E-state index contributed by atoms with van der Waals surface area (Å²) in [4.78, 5) is 0.386. The topological polar surface area (TPSA) is 58.2 Å². The molecule has 5 heteroatoms. The minimum atomic E-state index is -3.41. The summed E-state index contributed by atoms with van der Waals surface area (Å²) in [6, 6.07) is 7.91. The van der Waals surface area contributed by atoms with Crippen molar-refractivity contribution in [2.45, 2.75) is 68.5 Å². The van der Waals surface area contributed by atoms with Gasteiger partial charge in [0.05, 0.1) is 4.90 Å². The molecule has 116 valence electrons. The van der Waals surface area contributed by atoms with E-state index in [4.69, 9.17) is 0 Å². The van der Waals surface area contributed by atoms with Crippen molar-refractivity contribution < 1.29 is 8.42 Å². The fourth-order valence-electron chi connectivity index (χ4n) is 2.85. The van der Waals surface area contributed by atoms with Crippen molar-refractivity contribution in [1.82, 2.24) is 10.0 Å². The van der Waals surface area contributed by atoms with Gasteiger partial charge in [0.25, 0.3) is 0 Å². The predicted molar refractivity (Wildman–Crippen MR) is 83.5 cm³/mol. The van der Waals surface area contributed by atoms with E-state index in [0.717, 1.165) is 37.8 Å². The smallest absolute Gasteiger partial charge is 0.241 e. The zero-order chi connectivity index (χ0) is 14.9. The Morgan fingerprint density at radius 2 is 2.05 bits per heavy atom. The van der Waals surface area contributed by atoms with Gasteiger partial charge >= 0.3 is 0 Å². The summed E-state index contributed by atoms with van der Waals surface area (Å²) in [5, 5.41) is 3.42. The molecule has 2 aliphatic carbocycles. The molecule has 2 aliphatic rings. The van der Waals surface area contributed by atoms with E-state index in [9.17, 15) is 8.42 Å². The molecule has 1 aromatic rings. The Bertz CT molecular complexity index is 599. The van der Waals surface area contributed by atoms with Gasteiger partial charge in [-0.1, -0.05) is 19.1 Å². The Hall–Kier alpha value is -0.910. The fraction of sp³-hybridized carbons (Fsp3) is 0.625. The molecule has 2 N–H and O–H groups in total. The Morgan fingerprint density at radius 1 is 1.29 bits per heavy atom. The average molecular weight is 308 g/mol. The number of benzene rings is 1. The van der Waals surface area contributed by atoms with Crippen LogP contribution >= 0.6 is 0 Å². The van der Waals surface area contributed by atoms with Crippen LogP contribution in [-0.4, -0.2) is 20.0 Å². The summed E-state index contributed by atoms with van der Waals surface area (Å²) < 4.78 is 28.1. The first kappa shape index (κ1) is 15.0. The molecule has 21 heavy (non-hydrogen) atoms. The van der Waals surface area contributed by atoms with Crippen LogP contribution in [0.2, 0.25) is 0 Å². The number of hydrogen-bond donors (Lipinski definition) is 2. The summed E-state index contributed by atoms with van der Waals surface area (Å²) in [7, 11) is -3.41. The summed E-state index contributed by atoms with van der Waals surface area (Å²) in [5.41, 5.74) is 0.824. The fourth-order valence-corrected chi connectivity index (χ4v) is 4.45. The van der Waals surface area contributed by atoms with E-state index < -0.39 is 10.0 Å². The Balaban J connectivity index is 1.73. The molecule has 4 nitrogen and oxygen atoms in total. The molecule has 0 aliphatic heterocycles. The summed E-state index contributed by atoms with van der Waals surface area (Å²) in [5.74, 6) is 0. The van der Waals surface area contributed by atoms with Crippen LogP contribution in [0, 0.1) is 0 Å². The molecular weight excluding hydrogens is 284 g/mol. The molecule has 0 saturated heterocycles. The lowest BCUT2D eigenvalue weighted by atomic mass is 9.76. The third-order valence-electron chi connectivity index (χ3n) is 4.72. The van der Waals surface area contributed by atoms with Gasteiger partial charge in [0.2, 0.25) is 10.0 Å². The monoisotopic (exact) mass is 308 g/mol. The lowest BCUT2D eigenvalue weighted by Crippen LogP contribution is -2.52. The van der Waals surface area contributed by atoms with Gasteiger partial charge in [-0.15, -0.1) is 0 Å². The zero-order valence-corrected chi connectivity index (χ0v) is 13.4. The molecule has 1 aromatic carbocycles. The molecule has 3 rings (SSSR count). The van der Waals surface area contributed by atoms with E-state index in [1.54, 1.807) is 12.1 Å². The van der Waals surface area contributed by atoms with Crippen molar-refractivity contribution in [3.8, 4) is 0 Å². The lowest BCUT2D eigenvalue weighted by molar-refractivity contribution is 0.214. The van der Waals surface area contributed by atoms with Gasteiger partial charge in [0.15, 0.2) is 0 Å². The van der Waals surface area contributed by atoms with Crippen molar-refractivity contribution in [1.29, 1.82) is 0 Å². The molecule has 0 heterocycles. The van der Waals surface area contributed by atoms with Crippen LogP contribution in [0.25, 0.3) is 0 Å². The quantitative estimate of drug-likeness (QED) is 0.814. The molecule has 0 atom stereocenters. The molecular formula is C16H24N2O2S. The molecule has 0 unspecified atom stereocenters. The van der Waals surface area contributed by atoms with Crippen LogP contribution in [0.3, 0.4) is 0 Å². The van der Waals surface area contributed by atoms with E-state index in [1.165, 1.54) is 12.8 Å². The molecule has 0 bridgehead atoms. The second kappa shape index (κ2) is 5.71. The summed E-state index contributed by atoms with van der Waals surface area (Å²) in [6.07, 6.45) is 6.34. The average Bonchev–Trinajstić information content (AvgIpc) is 3.25. The first-order valence-electron chi connectivity index (χ1n) is 7.89. The summed E-state index contributed by atoms with van der Waals surface area (Å²) in [6.45, 7) is 2.80. The van der Waals surface area contributed by atoms with E-state index in [1.807, 2.05) is 12.1 Å². The largest absolute Gasteiger partial charge is 0.310 e. The van der Waals surface area contributed by atoms with Crippen molar-refractivity contribution in [2.24, 2.45) is 0 Å². The van der Waals surface area contributed by atoms with Crippen molar-refractivity contribution in [2.75, 3.05) is 0 Å². The number of sulfonamides is 1. The highest BCUT2D eigenvalue weighted by Crippen LogP contribution is 2.36. The van der Waals surface area contributed by atoms with E-state index in [2.05, 4.69) is 17.0 Å².